The third-order valence-corrected chi connectivity index (χ3v) is 4.58. The van der Waals surface area contributed by atoms with Crippen LogP contribution in [0.3, 0.4) is 0 Å². The number of carbonyl (C=O) groups excluding carboxylic acids is 1. The van der Waals surface area contributed by atoms with Crippen molar-refractivity contribution in [2.75, 3.05) is 26.9 Å². The van der Waals surface area contributed by atoms with E-state index in [2.05, 4.69) is 35.4 Å². The van der Waals surface area contributed by atoms with Gasteiger partial charge in [-0.15, -0.1) is 0 Å². The topological polar surface area (TPSA) is 85.9 Å². The molecule has 0 bridgehead atoms. The molecule has 0 saturated carbocycles. The minimum Gasteiger partial charge on any atom is -0.493 e. The molecule has 0 saturated heterocycles. The highest BCUT2D eigenvalue weighted by Crippen LogP contribution is 2.31. The van der Waals surface area contributed by atoms with Crippen molar-refractivity contribution in [1.29, 1.82) is 0 Å². The normalized spacial score (nSPS) is 11.3. The van der Waals surface area contributed by atoms with E-state index in [9.17, 15) is 4.79 Å². The van der Waals surface area contributed by atoms with E-state index in [1.165, 1.54) is 0 Å². The van der Waals surface area contributed by atoms with Gasteiger partial charge in [0.25, 0.3) is 0 Å². The molecule has 0 radical (unpaired) electrons. The van der Waals surface area contributed by atoms with Gasteiger partial charge in [0.05, 0.1) is 6.61 Å². The molecule has 6 heteroatoms. The predicted octanol–water partition coefficient (Wildman–Crippen LogP) is 3.93. The number of amides is 1. The molecule has 0 aliphatic carbocycles. The second kappa shape index (κ2) is 13.4. The van der Waals surface area contributed by atoms with Crippen LogP contribution < -0.4 is 15.8 Å². The number of methoxy groups -OCH3 is 1. The number of unbranched alkanes of at least 4 members (excludes halogenated alkanes) is 1. The van der Waals surface area contributed by atoms with E-state index >= 15 is 0 Å². The lowest BCUT2D eigenvalue weighted by Crippen LogP contribution is -2.37. The number of benzene rings is 2. The first kappa shape index (κ1) is 23.4. The molecule has 1 amide bonds. The van der Waals surface area contributed by atoms with Gasteiger partial charge in [0.15, 0.2) is 5.96 Å². The minimum absolute atomic E-state index is 0.137. The fourth-order valence-electron chi connectivity index (χ4n) is 2.94. The summed E-state index contributed by atoms with van der Waals surface area (Å²) in [6, 6.07) is 16.2. The van der Waals surface area contributed by atoms with Crippen molar-refractivity contribution < 1.29 is 14.3 Å². The zero-order valence-corrected chi connectivity index (χ0v) is 18.0. The Bertz CT molecular complexity index is 807. The van der Waals surface area contributed by atoms with Crippen LogP contribution >= 0.6 is 0 Å². The van der Waals surface area contributed by atoms with Crippen LogP contribution in [-0.2, 0) is 16.0 Å². The maximum Gasteiger partial charge on any atom is 0.226 e. The molecular weight excluding hydrogens is 378 g/mol. The summed E-state index contributed by atoms with van der Waals surface area (Å²) in [6.45, 7) is 3.94. The zero-order valence-electron chi connectivity index (χ0n) is 18.0. The van der Waals surface area contributed by atoms with E-state index in [-0.39, 0.29) is 11.9 Å². The van der Waals surface area contributed by atoms with E-state index in [1.807, 2.05) is 30.3 Å². The Labute approximate surface area is 179 Å². The number of ether oxygens (including phenoxy) is 2. The number of carbonyl (C=O) groups is 1. The highest BCUT2D eigenvalue weighted by molar-refractivity contribution is 5.96. The quantitative estimate of drug-likeness (QED) is 0.315. The molecule has 30 heavy (non-hydrogen) atoms. The van der Waals surface area contributed by atoms with Crippen LogP contribution in [0.25, 0.3) is 11.1 Å². The third-order valence-electron chi connectivity index (χ3n) is 4.58. The van der Waals surface area contributed by atoms with Gasteiger partial charge in [0.1, 0.15) is 5.75 Å². The number of nitrogens with zero attached hydrogens (tertiary/aromatic N) is 1. The monoisotopic (exact) mass is 411 g/mol. The Morgan fingerprint density at radius 2 is 1.90 bits per heavy atom. The Kier molecular flexibility index (Phi) is 10.4. The lowest BCUT2D eigenvalue weighted by atomic mass is 10.0. The minimum atomic E-state index is -0.137. The maximum atomic E-state index is 12.2. The third kappa shape index (κ3) is 8.25. The van der Waals surface area contributed by atoms with Crippen molar-refractivity contribution in [2.24, 2.45) is 10.7 Å². The molecule has 2 aromatic carbocycles. The van der Waals surface area contributed by atoms with Gasteiger partial charge in [-0.25, -0.2) is 0 Å². The van der Waals surface area contributed by atoms with Gasteiger partial charge in [-0.05, 0) is 30.0 Å². The molecule has 0 aliphatic heterocycles. The summed E-state index contributed by atoms with van der Waals surface area (Å²) in [6.07, 6.45) is 3.74. The molecule has 0 aliphatic rings. The average molecular weight is 412 g/mol. The molecule has 0 unspecified atom stereocenters. The van der Waals surface area contributed by atoms with Crippen molar-refractivity contribution >= 4 is 11.9 Å². The molecule has 2 rings (SSSR count). The zero-order chi connectivity index (χ0) is 21.6. The number of hydrogen-bond donors (Lipinski definition) is 2. The number of guanidine groups is 1. The average Bonchev–Trinajstić information content (AvgIpc) is 2.76. The first-order chi connectivity index (χ1) is 14.6. The summed E-state index contributed by atoms with van der Waals surface area (Å²) in [5.74, 6) is 0.869. The van der Waals surface area contributed by atoms with Crippen LogP contribution in [0.15, 0.2) is 53.5 Å². The maximum absolute atomic E-state index is 12.2. The van der Waals surface area contributed by atoms with Crippen molar-refractivity contribution in [3.05, 3.63) is 54.1 Å². The van der Waals surface area contributed by atoms with Crippen LogP contribution in [0.5, 0.6) is 5.75 Å². The van der Waals surface area contributed by atoms with Gasteiger partial charge in [0, 0.05) is 38.7 Å². The fourth-order valence-corrected chi connectivity index (χ4v) is 2.94. The SMILES string of the molecule is CCCCN=C(N)NC(=O)CCc1ccc(-c2ccccc2)c(OCCCOC)c1. The van der Waals surface area contributed by atoms with Crippen molar-refractivity contribution in [3.8, 4) is 16.9 Å². The molecule has 0 spiro atoms. The second-order valence-electron chi connectivity index (χ2n) is 7.06. The van der Waals surface area contributed by atoms with Gasteiger partial charge < -0.3 is 15.2 Å². The van der Waals surface area contributed by atoms with Crippen molar-refractivity contribution in [2.45, 2.75) is 39.0 Å². The molecule has 0 aromatic heterocycles. The lowest BCUT2D eigenvalue weighted by molar-refractivity contribution is -0.119. The molecule has 162 valence electrons. The van der Waals surface area contributed by atoms with Crippen molar-refractivity contribution in [1.82, 2.24) is 5.32 Å². The van der Waals surface area contributed by atoms with Crippen LogP contribution in [0.1, 0.15) is 38.2 Å². The second-order valence-corrected chi connectivity index (χ2v) is 7.06. The van der Waals surface area contributed by atoms with E-state index in [4.69, 9.17) is 15.2 Å². The lowest BCUT2D eigenvalue weighted by Gasteiger charge is -2.14. The van der Waals surface area contributed by atoms with Crippen LogP contribution in [-0.4, -0.2) is 38.7 Å². The van der Waals surface area contributed by atoms with Gasteiger partial charge in [0.2, 0.25) is 5.91 Å². The molecule has 2 aromatic rings. The van der Waals surface area contributed by atoms with E-state index in [0.29, 0.717) is 32.6 Å². The number of aryl methyl sites for hydroxylation is 1. The Morgan fingerprint density at radius 1 is 1.10 bits per heavy atom. The van der Waals surface area contributed by atoms with E-state index in [0.717, 1.165) is 41.7 Å². The van der Waals surface area contributed by atoms with Gasteiger partial charge in [-0.1, -0.05) is 55.8 Å². The summed E-state index contributed by atoms with van der Waals surface area (Å²) in [7, 11) is 1.68. The number of rotatable bonds is 12. The summed E-state index contributed by atoms with van der Waals surface area (Å²) < 4.78 is 11.1. The molecule has 3 N–H and O–H groups in total. The van der Waals surface area contributed by atoms with Crippen molar-refractivity contribution in [3.63, 3.8) is 0 Å². The summed E-state index contributed by atoms with van der Waals surface area (Å²) in [5, 5.41) is 2.65. The summed E-state index contributed by atoms with van der Waals surface area (Å²) >= 11 is 0. The van der Waals surface area contributed by atoms with Gasteiger partial charge >= 0.3 is 0 Å². The Hall–Kier alpha value is -2.86. The van der Waals surface area contributed by atoms with Crippen LogP contribution in [0.4, 0.5) is 0 Å². The molecule has 6 nitrogen and oxygen atoms in total. The standard InChI is InChI=1S/C24H33N3O3/c1-3-4-15-26-24(25)27-23(28)14-12-19-11-13-21(20-9-6-5-7-10-20)22(18-19)30-17-8-16-29-2/h5-7,9-11,13,18H,3-4,8,12,14-17H2,1-2H3,(H3,25,26,27,28). The molecule has 0 fully saturated rings. The van der Waals surface area contributed by atoms with E-state index in [1.54, 1.807) is 7.11 Å². The molecule has 0 atom stereocenters. The summed E-state index contributed by atoms with van der Waals surface area (Å²) in [5.41, 5.74) is 8.93. The number of hydrogen-bond acceptors (Lipinski definition) is 4. The fraction of sp³-hybridized carbons (Fsp3) is 0.417. The van der Waals surface area contributed by atoms with Gasteiger partial charge in [-0.3, -0.25) is 15.1 Å². The highest BCUT2D eigenvalue weighted by atomic mass is 16.5. The number of aliphatic imine (C=N–C) groups is 1. The predicted molar refractivity (Wildman–Crippen MR) is 122 cm³/mol. The number of nitrogens with two attached hydrogens (primary N) is 1. The first-order valence-corrected chi connectivity index (χ1v) is 10.5. The van der Waals surface area contributed by atoms with Crippen LogP contribution in [0.2, 0.25) is 0 Å². The Balaban J connectivity index is 2.02. The van der Waals surface area contributed by atoms with Crippen LogP contribution in [0, 0.1) is 0 Å². The van der Waals surface area contributed by atoms with E-state index < -0.39 is 0 Å². The van der Waals surface area contributed by atoms with Gasteiger partial charge in [-0.2, -0.15) is 0 Å². The number of nitrogens with one attached hydrogen (secondary N) is 1. The summed E-state index contributed by atoms with van der Waals surface area (Å²) in [4.78, 5) is 16.3. The molecule has 0 heterocycles. The molecular formula is C24H33N3O3. The largest absolute Gasteiger partial charge is 0.493 e. The first-order valence-electron chi connectivity index (χ1n) is 10.5. The highest BCUT2D eigenvalue weighted by Gasteiger charge is 2.10. The smallest absolute Gasteiger partial charge is 0.226 e. The Morgan fingerprint density at radius 3 is 2.63 bits per heavy atom.